The number of benzene rings is 3. The number of hydrogen-bond acceptors (Lipinski definition) is 4. The largest absolute Gasteiger partial charge is 0.430 e. The van der Waals surface area contributed by atoms with Gasteiger partial charge in [0.15, 0.2) is 9.84 Å². The van der Waals surface area contributed by atoms with Gasteiger partial charge in [-0.15, -0.1) is 0 Å². The third-order valence-electron chi connectivity index (χ3n) is 7.50. The topological polar surface area (TPSA) is 55.9 Å². The van der Waals surface area contributed by atoms with Gasteiger partial charge in [-0.1, -0.05) is 30.3 Å². The minimum Gasteiger partial charge on any atom is -0.369 e. The van der Waals surface area contributed by atoms with E-state index in [1.165, 1.54) is 0 Å². The first kappa shape index (κ1) is 29.4. The summed E-state index contributed by atoms with van der Waals surface area (Å²) in [6.45, 7) is -1.72. The third kappa shape index (κ3) is 4.69. The molecule has 14 heteroatoms. The highest BCUT2D eigenvalue weighted by Gasteiger charge is 2.73. The summed E-state index contributed by atoms with van der Waals surface area (Å²) in [7, 11) is -4.34. The molecule has 1 aliphatic carbocycles. The number of alkyl halides is 6. The van der Waals surface area contributed by atoms with E-state index in [-0.39, 0.29) is 23.3 Å². The van der Waals surface area contributed by atoms with E-state index in [0.717, 1.165) is 42.5 Å². The van der Waals surface area contributed by atoms with Crippen molar-refractivity contribution in [3.05, 3.63) is 101 Å². The Balaban J connectivity index is 1.59. The number of rotatable bonds is 7. The van der Waals surface area contributed by atoms with Crippen molar-refractivity contribution >= 4 is 9.84 Å². The van der Waals surface area contributed by atoms with Crippen LogP contribution in [0.5, 0.6) is 0 Å². The van der Waals surface area contributed by atoms with Crippen molar-refractivity contribution in [3.63, 3.8) is 0 Å². The molecule has 2 unspecified atom stereocenters. The van der Waals surface area contributed by atoms with Crippen LogP contribution >= 0.6 is 0 Å². The lowest BCUT2D eigenvalue weighted by Gasteiger charge is -2.38. The lowest BCUT2D eigenvalue weighted by atomic mass is 9.88. The molecule has 0 bridgehead atoms. The Labute approximate surface area is 227 Å². The molecule has 0 aromatic heterocycles. The van der Waals surface area contributed by atoms with Crippen LogP contribution < -0.4 is 0 Å². The quantitative estimate of drug-likeness (QED) is 0.167. The van der Waals surface area contributed by atoms with Crippen LogP contribution in [0.1, 0.15) is 29.5 Å². The summed E-state index contributed by atoms with van der Waals surface area (Å²) in [5, 5.41) is 0. The number of halogens is 9. The van der Waals surface area contributed by atoms with E-state index in [4.69, 9.17) is 4.74 Å². The van der Waals surface area contributed by atoms with Gasteiger partial charge in [0.05, 0.1) is 23.7 Å². The van der Waals surface area contributed by atoms with Gasteiger partial charge in [-0.3, -0.25) is 0 Å². The lowest BCUT2D eigenvalue weighted by molar-refractivity contribution is -0.392. The number of hydrogen-bond donors (Lipinski definition) is 0. The van der Waals surface area contributed by atoms with Crippen molar-refractivity contribution in [3.8, 4) is 0 Å². The van der Waals surface area contributed by atoms with E-state index in [1.807, 2.05) is 0 Å². The molecule has 1 saturated carbocycles. The molecule has 0 radical (unpaired) electrons. The van der Waals surface area contributed by atoms with Crippen molar-refractivity contribution in [2.75, 3.05) is 0 Å². The Bertz CT molecular complexity index is 1510. The standard InChI is InChI=1S/C27H19F9O4S/c28-17-8-10-18(11-9-17)41(37,38)24(12-22-23(13-24)40-22)15-4-6-16(7-5-15)25(26(31,32)33,27(34,35)36)39-14-19-20(29)2-1-3-21(19)30/h1-11,22-23H,12-14H2. The first-order chi connectivity index (χ1) is 19.0. The van der Waals surface area contributed by atoms with Gasteiger partial charge in [0, 0.05) is 24.0 Å². The van der Waals surface area contributed by atoms with Gasteiger partial charge in [0.25, 0.3) is 5.60 Å². The lowest BCUT2D eigenvalue weighted by Crippen LogP contribution is -2.56. The fourth-order valence-corrected chi connectivity index (χ4v) is 7.47. The van der Waals surface area contributed by atoms with E-state index in [9.17, 15) is 47.9 Å². The van der Waals surface area contributed by atoms with Crippen LogP contribution in [0, 0.1) is 17.5 Å². The van der Waals surface area contributed by atoms with Gasteiger partial charge in [-0.2, -0.15) is 26.3 Å². The van der Waals surface area contributed by atoms with Gasteiger partial charge >= 0.3 is 12.4 Å². The summed E-state index contributed by atoms with van der Waals surface area (Å²) in [5.74, 6) is -3.53. The molecule has 0 N–H and O–H groups in total. The molecule has 3 aromatic carbocycles. The fraction of sp³-hybridized carbons (Fsp3) is 0.333. The summed E-state index contributed by atoms with van der Waals surface area (Å²) in [6.07, 6.45) is -13.6. The number of ether oxygens (including phenoxy) is 2. The van der Waals surface area contributed by atoms with Crippen LogP contribution in [-0.4, -0.2) is 33.0 Å². The van der Waals surface area contributed by atoms with Crippen molar-refractivity contribution in [2.24, 2.45) is 0 Å². The van der Waals surface area contributed by atoms with Gasteiger partial charge in [0.1, 0.15) is 22.2 Å². The molecule has 41 heavy (non-hydrogen) atoms. The number of sulfone groups is 1. The van der Waals surface area contributed by atoms with E-state index in [2.05, 4.69) is 4.74 Å². The Morgan fingerprint density at radius 2 is 1.29 bits per heavy atom. The highest BCUT2D eigenvalue weighted by molar-refractivity contribution is 7.92. The molecule has 5 rings (SSSR count). The highest BCUT2D eigenvalue weighted by atomic mass is 32.2. The molecule has 1 heterocycles. The summed E-state index contributed by atoms with van der Waals surface area (Å²) in [5.41, 5.74) is -7.75. The van der Waals surface area contributed by atoms with Crippen LogP contribution in [0.25, 0.3) is 0 Å². The van der Waals surface area contributed by atoms with E-state index < -0.39 is 79.9 Å². The number of epoxide rings is 1. The van der Waals surface area contributed by atoms with Crippen LogP contribution in [-0.2, 0) is 36.3 Å². The molecule has 0 amide bonds. The molecule has 1 saturated heterocycles. The minimum atomic E-state index is -6.16. The van der Waals surface area contributed by atoms with Crippen LogP contribution in [0.3, 0.4) is 0 Å². The van der Waals surface area contributed by atoms with Crippen molar-refractivity contribution in [1.82, 2.24) is 0 Å². The second-order valence-electron chi connectivity index (χ2n) is 9.82. The second kappa shape index (κ2) is 9.73. The molecule has 0 spiro atoms. The average Bonchev–Trinajstić information content (AvgIpc) is 3.49. The Kier molecular flexibility index (Phi) is 6.98. The molecule has 4 nitrogen and oxygen atoms in total. The molecular weight excluding hydrogens is 591 g/mol. The first-order valence-electron chi connectivity index (χ1n) is 12.0. The predicted molar refractivity (Wildman–Crippen MR) is 125 cm³/mol. The Morgan fingerprint density at radius 1 is 0.780 bits per heavy atom. The molecule has 2 atom stereocenters. The van der Waals surface area contributed by atoms with Crippen LogP contribution in [0.4, 0.5) is 39.5 Å². The van der Waals surface area contributed by atoms with Crippen molar-refractivity contribution < 1.29 is 57.4 Å². The molecule has 220 valence electrons. The third-order valence-corrected chi connectivity index (χ3v) is 9.99. The first-order valence-corrected chi connectivity index (χ1v) is 13.5. The van der Waals surface area contributed by atoms with E-state index in [1.54, 1.807) is 0 Å². The summed E-state index contributed by atoms with van der Waals surface area (Å²) in [6, 6.07) is 8.52. The van der Waals surface area contributed by atoms with Gasteiger partial charge in [-0.25, -0.2) is 21.6 Å². The zero-order valence-electron chi connectivity index (χ0n) is 20.6. The summed E-state index contributed by atoms with van der Waals surface area (Å²) >= 11 is 0. The SMILES string of the molecule is O=S(=O)(c1ccc(F)cc1)C1(c2ccc(C(OCc3c(F)cccc3F)(C(F)(F)F)C(F)(F)F)cc2)CC2OC2C1. The summed E-state index contributed by atoms with van der Waals surface area (Å²) < 4.78 is 162. The van der Waals surface area contributed by atoms with Crippen LogP contribution in [0.2, 0.25) is 0 Å². The molecule has 2 fully saturated rings. The zero-order chi connectivity index (χ0) is 30.0. The van der Waals surface area contributed by atoms with Crippen LogP contribution in [0.15, 0.2) is 71.6 Å². The Hall–Kier alpha value is -3.10. The predicted octanol–water partition coefficient (Wildman–Crippen LogP) is 6.87. The van der Waals surface area contributed by atoms with Crippen molar-refractivity contribution in [1.29, 1.82) is 0 Å². The molecule has 1 aliphatic heterocycles. The highest BCUT2D eigenvalue weighted by Crippen LogP contribution is 2.57. The smallest absolute Gasteiger partial charge is 0.369 e. The van der Waals surface area contributed by atoms with Gasteiger partial charge in [-0.05, 0) is 42.0 Å². The summed E-state index contributed by atoms with van der Waals surface area (Å²) in [4.78, 5) is -0.292. The van der Waals surface area contributed by atoms with Crippen molar-refractivity contribution in [2.45, 2.75) is 59.3 Å². The number of fused-ring (bicyclic) bond motifs is 1. The normalized spacial score (nSPS) is 23.0. The zero-order valence-corrected chi connectivity index (χ0v) is 21.4. The van der Waals surface area contributed by atoms with E-state index >= 15 is 0 Å². The van der Waals surface area contributed by atoms with Gasteiger partial charge in [0.2, 0.25) is 0 Å². The molecular formula is C27H19F9O4S. The monoisotopic (exact) mass is 610 g/mol. The average molecular weight is 610 g/mol. The second-order valence-corrected chi connectivity index (χ2v) is 12.1. The van der Waals surface area contributed by atoms with Gasteiger partial charge < -0.3 is 9.47 Å². The molecule has 2 aliphatic rings. The Morgan fingerprint density at radius 3 is 1.78 bits per heavy atom. The maximum absolute atomic E-state index is 14.3. The van der Waals surface area contributed by atoms with E-state index in [0.29, 0.717) is 24.3 Å². The fourth-order valence-electron chi connectivity index (χ4n) is 5.32. The molecule has 3 aromatic rings. The maximum Gasteiger partial charge on any atom is 0.430 e. The maximum atomic E-state index is 14.3. The minimum absolute atomic E-state index is 0.111.